The van der Waals surface area contributed by atoms with Crippen molar-refractivity contribution in [3.05, 3.63) is 60.6 Å². The van der Waals surface area contributed by atoms with Gasteiger partial charge in [0.25, 0.3) is 0 Å². The molecule has 6 nitrogen and oxygen atoms in total. The highest BCUT2D eigenvalue weighted by molar-refractivity contribution is 5.95. The third-order valence-electron chi connectivity index (χ3n) is 6.80. The Morgan fingerprint density at radius 1 is 0.969 bits per heavy atom. The Bertz CT molecular complexity index is 1210. The van der Waals surface area contributed by atoms with Crippen molar-refractivity contribution in [2.45, 2.75) is 44.7 Å². The summed E-state index contributed by atoms with van der Waals surface area (Å²) in [7, 11) is 4.23. The molecule has 0 saturated heterocycles. The van der Waals surface area contributed by atoms with Gasteiger partial charge in [0.2, 0.25) is 0 Å². The molecule has 1 aliphatic rings. The fraction of sp³-hybridized carbons (Fsp3) is 0.346. The number of nitrogens with one attached hydrogen (secondary N) is 1. The minimum Gasteiger partial charge on any atom is -0.360 e. The van der Waals surface area contributed by atoms with E-state index in [0.29, 0.717) is 12.1 Å². The van der Waals surface area contributed by atoms with Crippen LogP contribution in [0.15, 0.2) is 59.4 Å². The Labute approximate surface area is 188 Å². The van der Waals surface area contributed by atoms with Gasteiger partial charge in [-0.05, 0) is 57.4 Å². The highest BCUT2D eigenvalue weighted by Gasteiger charge is 2.25. The Kier molecular flexibility index (Phi) is 5.62. The molecule has 0 radical (unpaired) electrons. The number of hydrogen-bond acceptors (Lipinski definition) is 6. The van der Waals surface area contributed by atoms with Crippen LogP contribution in [-0.4, -0.2) is 41.3 Å². The molecule has 0 amide bonds. The second-order valence-electron chi connectivity index (χ2n) is 8.66. The molecule has 0 unspecified atom stereocenters. The van der Waals surface area contributed by atoms with Gasteiger partial charge in [-0.3, -0.25) is 0 Å². The maximum Gasteiger partial charge on any atom is 0.142 e. The minimum atomic E-state index is 0.485. The van der Waals surface area contributed by atoms with Crippen molar-refractivity contribution in [2.75, 3.05) is 19.0 Å². The largest absolute Gasteiger partial charge is 0.360 e. The zero-order valence-corrected chi connectivity index (χ0v) is 18.9. The third-order valence-corrected chi connectivity index (χ3v) is 6.80. The van der Waals surface area contributed by atoms with E-state index in [4.69, 9.17) is 9.51 Å². The third kappa shape index (κ3) is 3.75. The average molecular weight is 428 g/mol. The number of rotatable bonds is 5. The van der Waals surface area contributed by atoms with Crippen LogP contribution in [-0.2, 0) is 0 Å². The molecule has 1 N–H and O–H groups in total. The summed E-state index contributed by atoms with van der Waals surface area (Å²) in [5.74, 6) is 1.79. The minimum absolute atomic E-state index is 0.485. The zero-order chi connectivity index (χ0) is 22.1. The average Bonchev–Trinajstić information content (AvgIpc) is 3.24. The summed E-state index contributed by atoms with van der Waals surface area (Å²) >= 11 is 0. The van der Waals surface area contributed by atoms with E-state index in [1.54, 1.807) is 6.33 Å². The van der Waals surface area contributed by atoms with Crippen LogP contribution in [0.25, 0.3) is 33.3 Å². The first-order chi connectivity index (χ1) is 15.7. The summed E-state index contributed by atoms with van der Waals surface area (Å²) in [6.07, 6.45) is 6.39. The van der Waals surface area contributed by atoms with E-state index in [0.717, 1.165) is 57.7 Å². The first kappa shape index (κ1) is 20.6. The van der Waals surface area contributed by atoms with Crippen molar-refractivity contribution < 1.29 is 4.52 Å². The number of aromatic nitrogens is 3. The fourth-order valence-corrected chi connectivity index (χ4v) is 4.91. The van der Waals surface area contributed by atoms with Crippen LogP contribution in [0.5, 0.6) is 0 Å². The molecule has 0 bridgehead atoms. The van der Waals surface area contributed by atoms with E-state index < -0.39 is 0 Å². The molecule has 2 aromatic carbocycles. The van der Waals surface area contributed by atoms with Crippen LogP contribution in [0.4, 0.5) is 5.82 Å². The van der Waals surface area contributed by atoms with E-state index in [1.807, 2.05) is 25.1 Å². The van der Waals surface area contributed by atoms with Crippen molar-refractivity contribution in [1.82, 2.24) is 20.4 Å². The van der Waals surface area contributed by atoms with E-state index >= 15 is 0 Å². The van der Waals surface area contributed by atoms with Gasteiger partial charge in [0, 0.05) is 30.1 Å². The highest BCUT2D eigenvalue weighted by atomic mass is 16.5. The molecule has 2 heterocycles. The number of aryl methyl sites for hydroxylation is 1. The monoisotopic (exact) mass is 427 g/mol. The highest BCUT2D eigenvalue weighted by Crippen LogP contribution is 2.37. The number of fused-ring (bicyclic) bond motifs is 1. The summed E-state index contributed by atoms with van der Waals surface area (Å²) in [5.41, 5.74) is 4.94. The smallest absolute Gasteiger partial charge is 0.142 e. The lowest BCUT2D eigenvalue weighted by molar-refractivity contribution is 0.351. The van der Waals surface area contributed by atoms with Gasteiger partial charge in [-0.1, -0.05) is 41.6 Å². The van der Waals surface area contributed by atoms with Crippen LogP contribution in [0, 0.1) is 6.92 Å². The Morgan fingerprint density at radius 3 is 2.50 bits per heavy atom. The van der Waals surface area contributed by atoms with Gasteiger partial charge in [0.05, 0.1) is 11.1 Å². The molecule has 0 aliphatic heterocycles. The standard InChI is InChI=1S/C26H29N5O/c1-17-24(25(30-32-17)18-7-5-4-6-8-18)19-9-14-23-22(15-19)26(29-16-28-23)31(3)21-12-10-20(27-2)11-13-21/h4-9,14-16,20-21,27H,10-13H2,1-3H3. The summed E-state index contributed by atoms with van der Waals surface area (Å²) in [5, 5.41) is 8.85. The van der Waals surface area contributed by atoms with Crippen molar-refractivity contribution in [3.63, 3.8) is 0 Å². The Hall–Kier alpha value is -3.25. The number of benzene rings is 2. The predicted molar refractivity (Wildman–Crippen MR) is 129 cm³/mol. The topological polar surface area (TPSA) is 67.1 Å². The number of hydrogen-bond donors (Lipinski definition) is 1. The van der Waals surface area contributed by atoms with Crippen molar-refractivity contribution in [1.29, 1.82) is 0 Å². The van der Waals surface area contributed by atoms with Crippen molar-refractivity contribution >= 4 is 16.7 Å². The normalized spacial score (nSPS) is 18.7. The Morgan fingerprint density at radius 2 is 1.75 bits per heavy atom. The number of nitrogens with zero attached hydrogens (tertiary/aromatic N) is 4. The lowest BCUT2D eigenvalue weighted by Crippen LogP contribution is -2.40. The van der Waals surface area contributed by atoms with E-state index in [2.05, 4.69) is 64.8 Å². The molecule has 32 heavy (non-hydrogen) atoms. The second-order valence-corrected chi connectivity index (χ2v) is 8.66. The first-order valence-corrected chi connectivity index (χ1v) is 11.3. The van der Waals surface area contributed by atoms with Gasteiger partial charge in [-0.2, -0.15) is 0 Å². The van der Waals surface area contributed by atoms with Crippen LogP contribution in [0.2, 0.25) is 0 Å². The van der Waals surface area contributed by atoms with Gasteiger partial charge in [0.1, 0.15) is 23.6 Å². The predicted octanol–water partition coefficient (Wildman–Crippen LogP) is 5.23. The van der Waals surface area contributed by atoms with Gasteiger partial charge < -0.3 is 14.7 Å². The molecular weight excluding hydrogens is 398 g/mol. The van der Waals surface area contributed by atoms with Crippen molar-refractivity contribution in [2.24, 2.45) is 0 Å². The molecule has 1 saturated carbocycles. The SMILES string of the molecule is CNC1CCC(N(C)c2ncnc3ccc(-c4c(-c5ccccc5)noc4C)cc23)CC1. The summed E-state index contributed by atoms with van der Waals surface area (Å²) in [6, 6.07) is 17.6. The summed E-state index contributed by atoms with van der Waals surface area (Å²) in [4.78, 5) is 11.6. The van der Waals surface area contributed by atoms with Gasteiger partial charge >= 0.3 is 0 Å². The second kappa shape index (κ2) is 8.71. The first-order valence-electron chi connectivity index (χ1n) is 11.3. The van der Waals surface area contributed by atoms with Gasteiger partial charge in [0.15, 0.2) is 0 Å². The van der Waals surface area contributed by atoms with Gasteiger partial charge in [-0.15, -0.1) is 0 Å². The molecule has 1 fully saturated rings. The van der Waals surface area contributed by atoms with Crippen molar-refractivity contribution in [3.8, 4) is 22.4 Å². The van der Waals surface area contributed by atoms with Crippen LogP contribution in [0.1, 0.15) is 31.4 Å². The Balaban J connectivity index is 1.55. The molecule has 0 spiro atoms. The zero-order valence-electron chi connectivity index (χ0n) is 18.9. The maximum atomic E-state index is 5.61. The summed E-state index contributed by atoms with van der Waals surface area (Å²) in [6.45, 7) is 1.97. The molecule has 5 rings (SSSR count). The van der Waals surface area contributed by atoms with E-state index in [9.17, 15) is 0 Å². The summed E-state index contributed by atoms with van der Waals surface area (Å²) < 4.78 is 5.61. The maximum absolute atomic E-state index is 5.61. The van der Waals surface area contributed by atoms with Crippen LogP contribution in [0.3, 0.4) is 0 Å². The van der Waals surface area contributed by atoms with E-state index in [1.165, 1.54) is 12.8 Å². The molecule has 6 heteroatoms. The molecule has 2 aromatic heterocycles. The molecular formula is C26H29N5O. The lowest BCUT2D eigenvalue weighted by Gasteiger charge is -2.35. The fourth-order valence-electron chi connectivity index (χ4n) is 4.91. The van der Waals surface area contributed by atoms with Crippen LogP contribution >= 0.6 is 0 Å². The van der Waals surface area contributed by atoms with E-state index in [-0.39, 0.29) is 0 Å². The lowest BCUT2D eigenvalue weighted by atomic mass is 9.90. The number of anilines is 1. The van der Waals surface area contributed by atoms with Crippen LogP contribution < -0.4 is 10.2 Å². The molecule has 0 atom stereocenters. The molecule has 1 aliphatic carbocycles. The quantitative estimate of drug-likeness (QED) is 0.471. The molecule has 4 aromatic rings. The van der Waals surface area contributed by atoms with Gasteiger partial charge in [-0.25, -0.2) is 9.97 Å². The molecule has 164 valence electrons.